The Hall–Kier alpha value is -4.04. The largest absolute Gasteiger partial charge is 0.359 e. The third-order valence-electron chi connectivity index (χ3n) is 8.09. The highest BCUT2D eigenvalue weighted by molar-refractivity contribution is 6.31. The molecule has 4 aromatic rings. The average Bonchev–Trinajstić information content (AvgIpc) is 3.31. The lowest BCUT2D eigenvalue weighted by atomic mass is 9.92. The van der Waals surface area contributed by atoms with Crippen LogP contribution in [0.15, 0.2) is 54.7 Å². The number of amides is 2. The van der Waals surface area contributed by atoms with Crippen molar-refractivity contribution < 1.29 is 18.4 Å². The van der Waals surface area contributed by atoms with E-state index in [4.69, 9.17) is 11.6 Å². The second-order valence-corrected chi connectivity index (χ2v) is 11.3. The van der Waals surface area contributed by atoms with Crippen LogP contribution in [0.2, 0.25) is 5.02 Å². The summed E-state index contributed by atoms with van der Waals surface area (Å²) in [4.78, 5) is 36.4. The number of nitrogens with one attached hydrogen (secondary N) is 2. The maximum absolute atomic E-state index is 14.7. The Kier molecular flexibility index (Phi) is 7.11. The molecule has 2 aromatic heterocycles. The summed E-state index contributed by atoms with van der Waals surface area (Å²) in [6, 6.07) is 11.8. The Balaban J connectivity index is 1.41. The molecular weight excluding hydrogens is 546 g/mol. The minimum Gasteiger partial charge on any atom is -0.359 e. The molecule has 0 spiro atoms. The van der Waals surface area contributed by atoms with Crippen LogP contribution in [0.3, 0.4) is 0 Å². The second kappa shape index (κ2) is 10.7. The third-order valence-corrected chi connectivity index (χ3v) is 8.38. The number of carbonyl (C=O) groups is 2. The van der Waals surface area contributed by atoms with Crippen LogP contribution in [0.5, 0.6) is 0 Å². The van der Waals surface area contributed by atoms with Crippen LogP contribution in [0, 0.1) is 24.5 Å². The molecule has 6 rings (SSSR count). The van der Waals surface area contributed by atoms with Crippen LogP contribution < -0.4 is 5.32 Å². The number of aromatic nitrogens is 2. The van der Waals surface area contributed by atoms with Crippen LogP contribution in [-0.4, -0.2) is 33.2 Å². The Labute approximate surface area is 241 Å². The van der Waals surface area contributed by atoms with Crippen molar-refractivity contribution in [2.75, 3.05) is 11.9 Å². The van der Waals surface area contributed by atoms with Crippen molar-refractivity contribution in [3.05, 3.63) is 88.3 Å². The summed E-state index contributed by atoms with van der Waals surface area (Å²) < 4.78 is 29.3. The number of halogens is 3. The van der Waals surface area contributed by atoms with Crippen LogP contribution >= 0.6 is 11.6 Å². The van der Waals surface area contributed by atoms with Gasteiger partial charge in [0.25, 0.3) is 0 Å². The van der Waals surface area contributed by atoms with Gasteiger partial charge in [0.2, 0.25) is 11.8 Å². The van der Waals surface area contributed by atoms with Crippen LogP contribution in [0.4, 0.5) is 14.5 Å². The molecule has 2 N–H and O–H groups in total. The van der Waals surface area contributed by atoms with Gasteiger partial charge in [0, 0.05) is 46.9 Å². The first-order chi connectivity index (χ1) is 19.7. The number of nitrogens with zero attached hydrogens (tertiary/aromatic N) is 2. The predicted molar refractivity (Wildman–Crippen MR) is 156 cm³/mol. The smallest absolute Gasteiger partial charge is 0.247 e. The van der Waals surface area contributed by atoms with E-state index < -0.39 is 11.6 Å². The number of aromatic amines is 1. The van der Waals surface area contributed by atoms with Crippen molar-refractivity contribution in [3.63, 3.8) is 0 Å². The number of aryl methyl sites for hydroxylation is 1. The van der Waals surface area contributed by atoms with E-state index in [1.165, 1.54) is 12.1 Å². The van der Waals surface area contributed by atoms with E-state index in [2.05, 4.69) is 21.4 Å². The van der Waals surface area contributed by atoms with E-state index in [0.717, 1.165) is 39.5 Å². The molecule has 0 aliphatic carbocycles. The maximum Gasteiger partial charge on any atom is 0.247 e. The summed E-state index contributed by atoms with van der Waals surface area (Å²) in [6.07, 6.45) is 5.19. The SMILES string of the molecule is Cc1cc2cc3c(cc2[nH]1)NC(=O)C(C)CCCC(N1CCC(c2c(F)ccc(Cl)c2F)=CC1=O)c1cc-3ccn1. The molecule has 0 radical (unpaired) electrons. The molecule has 2 amide bonds. The summed E-state index contributed by atoms with van der Waals surface area (Å²) in [5.41, 5.74) is 5.14. The topological polar surface area (TPSA) is 78.1 Å². The lowest BCUT2D eigenvalue weighted by molar-refractivity contribution is -0.129. The number of fused-ring (bicyclic) bond motifs is 5. The monoisotopic (exact) mass is 574 g/mol. The number of carbonyl (C=O) groups excluding carboxylic acids is 2. The van der Waals surface area contributed by atoms with Gasteiger partial charge in [0.1, 0.15) is 5.82 Å². The third kappa shape index (κ3) is 5.12. The fourth-order valence-corrected chi connectivity index (χ4v) is 6.07. The lowest BCUT2D eigenvalue weighted by Crippen LogP contribution is -2.38. The van der Waals surface area contributed by atoms with Crippen molar-refractivity contribution >= 4 is 45.6 Å². The van der Waals surface area contributed by atoms with Gasteiger partial charge in [-0.05, 0) is 79.8 Å². The summed E-state index contributed by atoms with van der Waals surface area (Å²) in [7, 11) is 0. The molecule has 0 fully saturated rings. The van der Waals surface area contributed by atoms with Gasteiger partial charge in [-0.25, -0.2) is 8.78 Å². The molecule has 2 aliphatic heterocycles. The van der Waals surface area contributed by atoms with Crippen molar-refractivity contribution in [1.82, 2.24) is 14.9 Å². The molecule has 2 aliphatic rings. The number of rotatable bonds is 2. The van der Waals surface area contributed by atoms with Gasteiger partial charge in [-0.3, -0.25) is 14.6 Å². The van der Waals surface area contributed by atoms with Gasteiger partial charge in [0.05, 0.1) is 28.0 Å². The van der Waals surface area contributed by atoms with Gasteiger partial charge in [-0.15, -0.1) is 0 Å². The lowest BCUT2D eigenvalue weighted by Gasteiger charge is -2.34. The number of H-pyrrole nitrogens is 1. The quantitative estimate of drug-likeness (QED) is 0.242. The normalized spacial score (nSPS) is 19.7. The summed E-state index contributed by atoms with van der Waals surface area (Å²) >= 11 is 5.91. The molecule has 2 unspecified atom stereocenters. The summed E-state index contributed by atoms with van der Waals surface area (Å²) in [6.45, 7) is 4.16. The fourth-order valence-electron chi connectivity index (χ4n) is 5.92. The van der Waals surface area contributed by atoms with Crippen LogP contribution in [0.1, 0.15) is 55.6 Å². The molecular formula is C32H29ClF2N4O2. The molecule has 0 saturated carbocycles. The first kappa shape index (κ1) is 27.1. The molecule has 41 heavy (non-hydrogen) atoms. The standard InChI is InChI=1S/C32H29ClF2N4O2/c1-17-4-3-5-28(39-11-9-20(15-29(39)40)30-24(34)7-6-23(33)31(30)35)27-14-19(8-10-36-27)22-13-21-12-18(2)37-25(21)16-26(22)38-32(17)41/h6-8,10,12-17,28,37H,3-5,9,11H2,1-2H3,(H,38,41). The highest BCUT2D eigenvalue weighted by Crippen LogP contribution is 2.38. The number of benzene rings is 2. The molecule has 2 aromatic carbocycles. The summed E-state index contributed by atoms with van der Waals surface area (Å²) in [5, 5.41) is 3.96. The van der Waals surface area contributed by atoms with Gasteiger partial charge in [-0.2, -0.15) is 0 Å². The Bertz CT molecular complexity index is 1730. The molecule has 210 valence electrons. The predicted octanol–water partition coefficient (Wildman–Crippen LogP) is 7.59. The minimum absolute atomic E-state index is 0.0625. The van der Waals surface area contributed by atoms with E-state index in [1.54, 1.807) is 11.1 Å². The molecule has 6 nitrogen and oxygen atoms in total. The zero-order valence-corrected chi connectivity index (χ0v) is 23.5. The number of pyridine rings is 1. The maximum atomic E-state index is 14.7. The molecule has 2 bridgehead atoms. The van der Waals surface area contributed by atoms with E-state index >= 15 is 0 Å². The zero-order chi connectivity index (χ0) is 28.8. The minimum atomic E-state index is -0.864. The molecule has 0 saturated heterocycles. The number of anilines is 1. The first-order valence-electron chi connectivity index (χ1n) is 13.7. The van der Waals surface area contributed by atoms with E-state index in [-0.39, 0.29) is 52.9 Å². The Morgan fingerprint density at radius 2 is 1.90 bits per heavy atom. The van der Waals surface area contributed by atoms with Crippen molar-refractivity contribution in [2.45, 2.75) is 45.6 Å². The van der Waals surface area contributed by atoms with Gasteiger partial charge in [0.15, 0.2) is 5.82 Å². The number of hydrogen-bond acceptors (Lipinski definition) is 3. The van der Waals surface area contributed by atoms with Crippen LogP contribution in [0.25, 0.3) is 27.6 Å². The first-order valence-corrected chi connectivity index (χ1v) is 14.1. The van der Waals surface area contributed by atoms with Crippen molar-refractivity contribution in [3.8, 4) is 11.1 Å². The van der Waals surface area contributed by atoms with E-state index in [9.17, 15) is 18.4 Å². The van der Waals surface area contributed by atoms with Crippen LogP contribution in [-0.2, 0) is 9.59 Å². The Morgan fingerprint density at radius 3 is 2.71 bits per heavy atom. The number of hydrogen-bond donors (Lipinski definition) is 2. The molecule has 4 heterocycles. The highest BCUT2D eigenvalue weighted by Gasteiger charge is 2.31. The van der Waals surface area contributed by atoms with Gasteiger partial charge in [-0.1, -0.05) is 24.9 Å². The van der Waals surface area contributed by atoms with Gasteiger partial charge >= 0.3 is 0 Å². The zero-order valence-electron chi connectivity index (χ0n) is 22.7. The Morgan fingerprint density at radius 1 is 1.07 bits per heavy atom. The average molecular weight is 575 g/mol. The highest BCUT2D eigenvalue weighted by atomic mass is 35.5. The second-order valence-electron chi connectivity index (χ2n) is 10.9. The summed E-state index contributed by atoms with van der Waals surface area (Å²) in [5.74, 6) is -2.26. The van der Waals surface area contributed by atoms with Crippen molar-refractivity contribution in [1.29, 1.82) is 0 Å². The van der Waals surface area contributed by atoms with Gasteiger partial charge < -0.3 is 15.2 Å². The molecule has 9 heteroatoms. The molecule has 2 atom stereocenters. The van der Waals surface area contributed by atoms with E-state index in [0.29, 0.717) is 24.9 Å². The fraction of sp³-hybridized carbons (Fsp3) is 0.281. The van der Waals surface area contributed by atoms with Crippen molar-refractivity contribution in [2.24, 2.45) is 5.92 Å². The van der Waals surface area contributed by atoms with E-state index in [1.807, 2.05) is 38.1 Å².